The van der Waals surface area contributed by atoms with Gasteiger partial charge in [-0.15, -0.1) is 0 Å². The largest absolute Gasteiger partial charge is 0.469 e. The first kappa shape index (κ1) is 33.0. The van der Waals surface area contributed by atoms with E-state index in [2.05, 4.69) is 29.6 Å². The molecule has 0 unspecified atom stereocenters. The number of nitrogens with one attached hydrogen (secondary N) is 2. The quantitative estimate of drug-likeness (QED) is 0.122. The first-order valence-electron chi connectivity index (χ1n) is 11.3. The van der Waals surface area contributed by atoms with Crippen molar-refractivity contribution in [2.75, 3.05) is 74.6 Å². The molecule has 0 saturated heterocycles. The third kappa shape index (κ3) is 16.6. The molecule has 0 bridgehead atoms. The van der Waals surface area contributed by atoms with Crippen LogP contribution in [0.3, 0.4) is 0 Å². The maximum absolute atomic E-state index is 12.7. The van der Waals surface area contributed by atoms with E-state index in [9.17, 15) is 24.0 Å². The summed E-state index contributed by atoms with van der Waals surface area (Å²) in [5.74, 6) is -1.78. The molecule has 0 aliphatic heterocycles. The smallest absolute Gasteiger partial charge is 0.406 e. The van der Waals surface area contributed by atoms with Gasteiger partial charge in [0.25, 0.3) is 0 Å². The predicted molar refractivity (Wildman–Crippen MR) is 123 cm³/mol. The highest BCUT2D eigenvalue weighted by molar-refractivity contribution is 5.77. The highest BCUT2D eigenvalue weighted by atomic mass is 16.5. The number of ether oxygens (including phenoxy) is 7. The van der Waals surface area contributed by atoms with E-state index < -0.39 is 29.5 Å². The van der Waals surface area contributed by atoms with Crippen LogP contribution in [-0.2, 0) is 52.3 Å². The number of hydrogen-bond acceptors (Lipinski definition) is 12. The van der Waals surface area contributed by atoms with Gasteiger partial charge in [0.05, 0.1) is 87.3 Å². The van der Waals surface area contributed by atoms with Gasteiger partial charge in [0.15, 0.2) is 0 Å². The summed E-state index contributed by atoms with van der Waals surface area (Å²) in [5, 5.41) is 5.31. The SMILES string of the molecule is COC(=O)CCOCC(COCCC(=O)OC)(COCCC(=O)OC)NC(=O)CCCNC(=O)OC. The zero-order chi connectivity index (χ0) is 27.2. The lowest BCUT2D eigenvalue weighted by molar-refractivity contribution is -0.143. The van der Waals surface area contributed by atoms with Crippen molar-refractivity contribution in [2.24, 2.45) is 0 Å². The molecule has 0 aromatic heterocycles. The molecule has 0 radical (unpaired) electrons. The third-order valence-electron chi connectivity index (χ3n) is 4.61. The van der Waals surface area contributed by atoms with E-state index in [0.717, 1.165) is 0 Å². The van der Waals surface area contributed by atoms with Gasteiger partial charge in [-0.2, -0.15) is 0 Å². The number of alkyl carbamates (subject to hydrolysis) is 1. The van der Waals surface area contributed by atoms with Gasteiger partial charge in [0.2, 0.25) is 5.91 Å². The summed E-state index contributed by atoms with van der Waals surface area (Å²) in [5.41, 5.74) is -1.21. The van der Waals surface area contributed by atoms with E-state index in [4.69, 9.17) is 14.2 Å². The van der Waals surface area contributed by atoms with Crippen molar-refractivity contribution in [3.63, 3.8) is 0 Å². The minimum absolute atomic E-state index is 0.00782. The van der Waals surface area contributed by atoms with E-state index >= 15 is 0 Å². The fraction of sp³-hybridized carbons (Fsp3) is 0.773. The Morgan fingerprint density at radius 3 is 1.39 bits per heavy atom. The van der Waals surface area contributed by atoms with Crippen LogP contribution in [0.5, 0.6) is 0 Å². The molecule has 0 aromatic carbocycles. The molecule has 0 fully saturated rings. The van der Waals surface area contributed by atoms with Crippen LogP contribution in [0.1, 0.15) is 32.1 Å². The zero-order valence-electron chi connectivity index (χ0n) is 21.4. The molecular weight excluding hydrogens is 484 g/mol. The Morgan fingerprint density at radius 1 is 0.611 bits per heavy atom. The summed E-state index contributed by atoms with van der Waals surface area (Å²) in [7, 11) is 5.00. The van der Waals surface area contributed by atoms with Crippen molar-refractivity contribution < 1.29 is 57.1 Å². The second kappa shape index (κ2) is 20.2. The van der Waals surface area contributed by atoms with Crippen molar-refractivity contribution in [3.8, 4) is 0 Å². The summed E-state index contributed by atoms with van der Waals surface area (Å²) in [6.07, 6.45) is -0.253. The first-order valence-corrected chi connectivity index (χ1v) is 11.3. The minimum atomic E-state index is -1.21. The van der Waals surface area contributed by atoms with Gasteiger partial charge in [0.1, 0.15) is 5.54 Å². The summed E-state index contributed by atoms with van der Waals surface area (Å²) >= 11 is 0. The average Bonchev–Trinajstić information content (AvgIpc) is 2.88. The lowest BCUT2D eigenvalue weighted by atomic mass is 10.0. The Morgan fingerprint density at radius 2 is 1.03 bits per heavy atom. The molecule has 2 amide bonds. The van der Waals surface area contributed by atoms with Gasteiger partial charge in [0, 0.05) is 13.0 Å². The maximum atomic E-state index is 12.7. The summed E-state index contributed by atoms with van der Waals surface area (Å²) in [4.78, 5) is 58.0. The van der Waals surface area contributed by atoms with Gasteiger partial charge in [-0.25, -0.2) is 4.79 Å². The van der Waals surface area contributed by atoms with Crippen LogP contribution in [-0.4, -0.2) is 110 Å². The highest BCUT2D eigenvalue weighted by Crippen LogP contribution is 2.12. The first-order chi connectivity index (χ1) is 17.2. The van der Waals surface area contributed by atoms with Gasteiger partial charge >= 0.3 is 24.0 Å². The Kier molecular flexibility index (Phi) is 18.6. The molecular formula is C22H38N2O12. The second-order valence-corrected chi connectivity index (χ2v) is 7.49. The second-order valence-electron chi connectivity index (χ2n) is 7.49. The Balaban J connectivity index is 5.26. The predicted octanol–water partition coefficient (Wildman–Crippen LogP) is -0.283. The highest BCUT2D eigenvalue weighted by Gasteiger charge is 2.34. The zero-order valence-corrected chi connectivity index (χ0v) is 21.4. The molecule has 0 saturated carbocycles. The van der Waals surface area contributed by atoms with Crippen LogP contribution in [0.15, 0.2) is 0 Å². The number of amides is 2. The molecule has 14 heteroatoms. The number of methoxy groups -OCH3 is 4. The molecule has 0 aliphatic carbocycles. The van der Waals surface area contributed by atoms with Gasteiger partial charge in [-0.1, -0.05) is 0 Å². The molecule has 2 N–H and O–H groups in total. The molecule has 208 valence electrons. The molecule has 0 spiro atoms. The van der Waals surface area contributed by atoms with E-state index in [0.29, 0.717) is 6.42 Å². The minimum Gasteiger partial charge on any atom is -0.469 e. The summed E-state index contributed by atoms with van der Waals surface area (Å²) in [6.45, 7) is -0.0627. The maximum Gasteiger partial charge on any atom is 0.406 e. The number of rotatable bonds is 20. The topological polar surface area (TPSA) is 174 Å². The number of carbonyl (C=O) groups is 5. The van der Waals surface area contributed by atoms with Crippen LogP contribution in [0.2, 0.25) is 0 Å². The third-order valence-corrected chi connectivity index (χ3v) is 4.61. The van der Waals surface area contributed by atoms with Crippen molar-refractivity contribution in [2.45, 2.75) is 37.6 Å². The lowest BCUT2D eigenvalue weighted by Crippen LogP contribution is -2.58. The van der Waals surface area contributed by atoms with Crippen molar-refractivity contribution >= 4 is 29.9 Å². The summed E-state index contributed by atoms with van der Waals surface area (Å²) in [6, 6.07) is 0. The van der Waals surface area contributed by atoms with Crippen molar-refractivity contribution in [1.29, 1.82) is 0 Å². The van der Waals surface area contributed by atoms with Gasteiger partial charge in [-0.05, 0) is 6.42 Å². The molecule has 0 heterocycles. The standard InChI is InChI=1S/C22H38N2O12/c1-30-18(26)7-11-34-14-22(15-35-12-8-19(27)31-2,16-36-13-9-20(28)32-3)24-17(25)6-5-10-23-21(29)33-4/h5-16H2,1-4H3,(H,23,29)(H,24,25). The number of hydrogen-bond donors (Lipinski definition) is 2. The van der Waals surface area contributed by atoms with Crippen molar-refractivity contribution in [1.82, 2.24) is 10.6 Å². The van der Waals surface area contributed by atoms with Gasteiger partial charge < -0.3 is 43.8 Å². The fourth-order valence-corrected chi connectivity index (χ4v) is 2.68. The molecule has 0 rings (SSSR count). The lowest BCUT2D eigenvalue weighted by Gasteiger charge is -2.34. The van der Waals surface area contributed by atoms with Crippen molar-refractivity contribution in [3.05, 3.63) is 0 Å². The van der Waals surface area contributed by atoms with E-state index in [1.807, 2.05) is 0 Å². The van der Waals surface area contributed by atoms with E-state index in [1.165, 1.54) is 28.4 Å². The van der Waals surface area contributed by atoms with Gasteiger partial charge in [-0.3, -0.25) is 19.2 Å². The summed E-state index contributed by atoms with van der Waals surface area (Å²) < 4.78 is 35.1. The number of esters is 3. The molecule has 0 atom stereocenters. The Labute approximate surface area is 210 Å². The van der Waals surface area contributed by atoms with E-state index in [1.54, 1.807) is 0 Å². The molecule has 36 heavy (non-hydrogen) atoms. The number of carbonyl (C=O) groups excluding carboxylic acids is 5. The molecule has 0 aliphatic rings. The Bertz CT molecular complexity index is 626. The monoisotopic (exact) mass is 522 g/mol. The normalized spacial score (nSPS) is 10.8. The molecule has 0 aromatic rings. The van der Waals surface area contributed by atoms with Crippen LogP contribution >= 0.6 is 0 Å². The van der Waals surface area contributed by atoms with Crippen LogP contribution in [0.4, 0.5) is 4.79 Å². The van der Waals surface area contributed by atoms with Crippen LogP contribution < -0.4 is 10.6 Å². The average molecular weight is 523 g/mol. The van der Waals surface area contributed by atoms with Crippen LogP contribution in [0, 0.1) is 0 Å². The Hall–Kier alpha value is -2.97. The molecule has 14 nitrogen and oxygen atoms in total. The van der Waals surface area contributed by atoms with Crippen LogP contribution in [0.25, 0.3) is 0 Å². The fourth-order valence-electron chi connectivity index (χ4n) is 2.68. The van der Waals surface area contributed by atoms with E-state index in [-0.39, 0.29) is 77.8 Å².